The van der Waals surface area contributed by atoms with E-state index >= 15 is 0 Å². The molecule has 3 aliphatic rings. The monoisotopic (exact) mass is 493 g/mol. The van der Waals surface area contributed by atoms with Crippen molar-refractivity contribution in [3.05, 3.63) is 35.5 Å². The van der Waals surface area contributed by atoms with Crippen LogP contribution in [0.3, 0.4) is 0 Å². The number of ether oxygens (including phenoxy) is 1. The van der Waals surface area contributed by atoms with E-state index in [0.717, 1.165) is 50.4 Å². The van der Waals surface area contributed by atoms with Crippen molar-refractivity contribution in [2.24, 2.45) is 0 Å². The largest absolute Gasteiger partial charge is 0.495 e. The molecular weight excluding hydrogens is 458 g/mol. The van der Waals surface area contributed by atoms with Crippen molar-refractivity contribution in [1.82, 2.24) is 24.7 Å². The lowest BCUT2D eigenvalue weighted by molar-refractivity contribution is -0.128. The van der Waals surface area contributed by atoms with Crippen LogP contribution in [0, 0.1) is 0 Å². The van der Waals surface area contributed by atoms with Gasteiger partial charge in [-0.3, -0.25) is 9.59 Å². The number of nitrogens with zero attached hydrogens (tertiary/aromatic N) is 6. The molecule has 2 fully saturated rings. The fraction of sp³-hybridized carbons (Fsp3) is 0.538. The number of fused-ring (bicyclic) bond motifs is 1. The average molecular weight is 494 g/mol. The zero-order valence-electron chi connectivity index (χ0n) is 21.4. The minimum Gasteiger partial charge on any atom is -0.495 e. The molecule has 0 bridgehead atoms. The van der Waals surface area contributed by atoms with Gasteiger partial charge in [-0.25, -0.2) is 4.98 Å². The average Bonchev–Trinajstić information content (AvgIpc) is 3.39. The van der Waals surface area contributed by atoms with Crippen LogP contribution in [-0.2, 0) is 11.3 Å². The standard InChI is InChI=1S/C26H35N7O3/c1-30-10-12-32(13-11-30)25(35)18-8-9-21(22(14-18)36-3)28-26-27-15-19-16-31(2)23(34)17-33(24(19)29-26)20-6-4-5-7-20/h8-9,14-15,20H,4-7,10-13,16-17H2,1-3H3,(H,27,28,29). The highest BCUT2D eigenvalue weighted by Gasteiger charge is 2.32. The number of methoxy groups -OCH3 is 1. The van der Waals surface area contributed by atoms with E-state index in [1.165, 1.54) is 12.8 Å². The Morgan fingerprint density at radius 2 is 1.83 bits per heavy atom. The number of likely N-dealkylation sites (N-methyl/N-ethyl adjacent to an activating group) is 2. The van der Waals surface area contributed by atoms with Gasteiger partial charge in [-0.05, 0) is 38.1 Å². The first-order chi connectivity index (χ1) is 17.4. The minimum atomic E-state index is 0.00947. The highest BCUT2D eigenvalue weighted by atomic mass is 16.5. The molecule has 0 spiro atoms. The Hall–Kier alpha value is -3.40. The van der Waals surface area contributed by atoms with E-state index in [1.54, 1.807) is 24.3 Å². The van der Waals surface area contributed by atoms with Gasteiger partial charge in [-0.1, -0.05) is 12.8 Å². The van der Waals surface area contributed by atoms with E-state index in [2.05, 4.69) is 27.1 Å². The number of carbonyl (C=O) groups excluding carboxylic acids is 2. The van der Waals surface area contributed by atoms with Crippen LogP contribution in [-0.4, -0.2) is 96.5 Å². The van der Waals surface area contributed by atoms with Crippen LogP contribution in [0.25, 0.3) is 0 Å². The predicted molar refractivity (Wildman–Crippen MR) is 138 cm³/mol. The third-order valence-corrected chi connectivity index (χ3v) is 7.50. The SMILES string of the molecule is COc1cc(C(=O)N2CCN(C)CC2)ccc1Nc1ncc2c(n1)N(C1CCCC1)CC(=O)N(C)C2. The predicted octanol–water partition coefficient (Wildman–Crippen LogP) is 2.34. The summed E-state index contributed by atoms with van der Waals surface area (Å²) < 4.78 is 5.62. The van der Waals surface area contributed by atoms with Crippen molar-refractivity contribution in [1.29, 1.82) is 0 Å². The zero-order chi connectivity index (χ0) is 25.2. The Morgan fingerprint density at radius 3 is 2.56 bits per heavy atom. The highest BCUT2D eigenvalue weighted by Crippen LogP contribution is 2.33. The van der Waals surface area contributed by atoms with Crippen LogP contribution >= 0.6 is 0 Å². The van der Waals surface area contributed by atoms with Crippen LogP contribution < -0.4 is 15.0 Å². The maximum absolute atomic E-state index is 13.0. The van der Waals surface area contributed by atoms with Crippen molar-refractivity contribution in [3.63, 3.8) is 0 Å². The molecule has 36 heavy (non-hydrogen) atoms. The molecule has 10 heteroatoms. The normalized spacial score (nSPS) is 19.3. The van der Waals surface area contributed by atoms with Gasteiger partial charge >= 0.3 is 0 Å². The molecule has 1 aromatic heterocycles. The van der Waals surface area contributed by atoms with Gasteiger partial charge in [-0.2, -0.15) is 4.98 Å². The van der Waals surface area contributed by atoms with E-state index < -0.39 is 0 Å². The van der Waals surface area contributed by atoms with Gasteiger partial charge in [0, 0.05) is 56.6 Å². The van der Waals surface area contributed by atoms with Crippen molar-refractivity contribution >= 4 is 29.3 Å². The Balaban J connectivity index is 1.39. The lowest BCUT2D eigenvalue weighted by Gasteiger charge is -2.32. The van der Waals surface area contributed by atoms with Gasteiger partial charge in [0.2, 0.25) is 11.9 Å². The van der Waals surface area contributed by atoms with Gasteiger partial charge in [-0.15, -0.1) is 0 Å². The van der Waals surface area contributed by atoms with Crippen LogP contribution in [0.1, 0.15) is 41.6 Å². The summed E-state index contributed by atoms with van der Waals surface area (Å²) in [4.78, 5) is 43.1. The third kappa shape index (κ3) is 4.95. The highest BCUT2D eigenvalue weighted by molar-refractivity contribution is 5.95. The van der Waals surface area contributed by atoms with E-state index in [4.69, 9.17) is 9.72 Å². The Bertz CT molecular complexity index is 1130. The number of hydrogen-bond donors (Lipinski definition) is 1. The maximum Gasteiger partial charge on any atom is 0.254 e. The van der Waals surface area contributed by atoms with Crippen LogP contribution in [0.4, 0.5) is 17.5 Å². The second-order valence-electron chi connectivity index (χ2n) is 9.99. The molecule has 192 valence electrons. The summed E-state index contributed by atoms with van der Waals surface area (Å²) in [6, 6.07) is 5.73. The topological polar surface area (TPSA) is 94.1 Å². The first kappa shape index (κ1) is 24.3. The number of piperazine rings is 1. The maximum atomic E-state index is 13.0. The van der Waals surface area contributed by atoms with E-state index in [9.17, 15) is 9.59 Å². The molecule has 5 rings (SSSR count). The molecule has 3 heterocycles. The second-order valence-corrected chi connectivity index (χ2v) is 9.99. The minimum absolute atomic E-state index is 0.00947. The van der Waals surface area contributed by atoms with Crippen LogP contribution in [0.2, 0.25) is 0 Å². The number of rotatable bonds is 5. The lowest BCUT2D eigenvalue weighted by atomic mass is 10.1. The molecule has 0 unspecified atom stereocenters. The molecule has 0 radical (unpaired) electrons. The first-order valence-corrected chi connectivity index (χ1v) is 12.7. The molecule has 2 amide bonds. The number of carbonyl (C=O) groups is 2. The van der Waals surface area contributed by atoms with Crippen LogP contribution in [0.5, 0.6) is 5.75 Å². The van der Waals surface area contributed by atoms with Gasteiger partial charge in [0.15, 0.2) is 0 Å². The van der Waals surface area contributed by atoms with Crippen molar-refractivity contribution in [2.45, 2.75) is 38.3 Å². The Labute approximate surface area is 212 Å². The quantitative estimate of drug-likeness (QED) is 0.679. The third-order valence-electron chi connectivity index (χ3n) is 7.50. The Kier molecular flexibility index (Phi) is 6.95. The van der Waals surface area contributed by atoms with Crippen molar-refractivity contribution in [3.8, 4) is 5.75 Å². The number of benzene rings is 1. The zero-order valence-corrected chi connectivity index (χ0v) is 21.4. The summed E-state index contributed by atoms with van der Waals surface area (Å²) in [5.41, 5.74) is 2.22. The van der Waals surface area contributed by atoms with E-state index in [0.29, 0.717) is 42.1 Å². The Morgan fingerprint density at radius 1 is 1.08 bits per heavy atom. The molecule has 10 nitrogen and oxygen atoms in total. The number of amides is 2. The number of anilines is 3. The van der Waals surface area contributed by atoms with E-state index in [1.807, 2.05) is 24.1 Å². The summed E-state index contributed by atoms with van der Waals surface area (Å²) in [7, 11) is 5.48. The summed E-state index contributed by atoms with van der Waals surface area (Å²) >= 11 is 0. The number of nitrogens with one attached hydrogen (secondary N) is 1. The summed E-state index contributed by atoms with van der Waals surface area (Å²) in [5, 5.41) is 3.28. The number of hydrogen-bond acceptors (Lipinski definition) is 8. The van der Waals surface area contributed by atoms with Crippen molar-refractivity contribution < 1.29 is 14.3 Å². The molecular formula is C26H35N7O3. The lowest BCUT2D eigenvalue weighted by Crippen LogP contribution is -2.47. The van der Waals surface area contributed by atoms with Gasteiger partial charge in [0.05, 0.1) is 25.9 Å². The summed E-state index contributed by atoms with van der Waals surface area (Å²) in [5.74, 6) is 1.91. The van der Waals surface area contributed by atoms with Crippen LogP contribution in [0.15, 0.2) is 24.4 Å². The van der Waals surface area contributed by atoms with E-state index in [-0.39, 0.29) is 11.8 Å². The second kappa shape index (κ2) is 10.3. The first-order valence-electron chi connectivity index (χ1n) is 12.7. The molecule has 2 aromatic rings. The molecule has 1 saturated carbocycles. The molecule has 2 aliphatic heterocycles. The fourth-order valence-electron chi connectivity index (χ4n) is 5.26. The van der Waals surface area contributed by atoms with Gasteiger partial charge < -0.3 is 29.7 Å². The molecule has 0 atom stereocenters. The molecule has 1 aromatic carbocycles. The number of aromatic nitrogens is 2. The fourth-order valence-corrected chi connectivity index (χ4v) is 5.26. The smallest absolute Gasteiger partial charge is 0.254 e. The van der Waals surface area contributed by atoms with Gasteiger partial charge in [0.1, 0.15) is 11.6 Å². The van der Waals surface area contributed by atoms with Gasteiger partial charge in [0.25, 0.3) is 5.91 Å². The van der Waals surface area contributed by atoms with Crippen molar-refractivity contribution in [2.75, 3.05) is 64.1 Å². The summed E-state index contributed by atoms with van der Waals surface area (Å²) in [6.07, 6.45) is 6.29. The summed E-state index contributed by atoms with van der Waals surface area (Å²) in [6.45, 7) is 4.00. The molecule has 1 saturated heterocycles. The molecule has 1 aliphatic carbocycles. The molecule has 1 N–H and O–H groups in total.